The third-order valence-electron chi connectivity index (χ3n) is 2.08. The van der Waals surface area contributed by atoms with Crippen molar-refractivity contribution < 1.29 is 0 Å². The summed E-state index contributed by atoms with van der Waals surface area (Å²) in [4.78, 5) is 26.8. The van der Waals surface area contributed by atoms with Crippen LogP contribution in [-0.4, -0.2) is 28.0 Å². The normalized spacial score (nSPS) is 22.1. The largest absolute Gasteiger partial charge is 0.325 e. The summed E-state index contributed by atoms with van der Waals surface area (Å²) in [7, 11) is 0. The molecule has 1 aromatic heterocycles. The van der Waals surface area contributed by atoms with Crippen molar-refractivity contribution in [1.82, 2.24) is 15.3 Å². The van der Waals surface area contributed by atoms with E-state index in [0.717, 1.165) is 18.1 Å². The van der Waals surface area contributed by atoms with Crippen LogP contribution in [0.15, 0.2) is 15.7 Å². The average Bonchev–Trinajstić information content (AvgIpc) is 2.18. The summed E-state index contributed by atoms with van der Waals surface area (Å²) in [5.74, 6) is 1.96. The smallest absolute Gasteiger partial charge is 0.310 e. The van der Waals surface area contributed by atoms with Crippen molar-refractivity contribution in [1.29, 1.82) is 0 Å². The van der Waals surface area contributed by atoms with Gasteiger partial charge in [-0.2, -0.15) is 11.8 Å². The predicted molar refractivity (Wildman–Crippen MR) is 55.8 cm³/mol. The summed E-state index contributed by atoms with van der Waals surface area (Å²) < 4.78 is 0. The molecule has 0 spiro atoms. The quantitative estimate of drug-likeness (QED) is 0.584. The Kier molecular flexibility index (Phi) is 2.74. The van der Waals surface area contributed by atoms with E-state index in [4.69, 9.17) is 0 Å². The number of hydrogen-bond donors (Lipinski definition) is 3. The Balaban J connectivity index is 2.30. The summed E-state index contributed by atoms with van der Waals surface area (Å²) in [5.41, 5.74) is -0.114. The second kappa shape index (κ2) is 4.02. The van der Waals surface area contributed by atoms with E-state index in [0.29, 0.717) is 5.69 Å². The Morgan fingerprint density at radius 1 is 1.36 bits per heavy atom. The molecule has 0 saturated carbocycles. The molecule has 0 aromatic carbocycles. The number of aromatic amines is 2. The second-order valence-electron chi connectivity index (χ2n) is 3.12. The first-order valence-corrected chi connectivity index (χ1v) is 5.56. The van der Waals surface area contributed by atoms with Crippen LogP contribution in [0.25, 0.3) is 0 Å². The minimum absolute atomic E-state index is 0.0868. The zero-order chi connectivity index (χ0) is 9.97. The van der Waals surface area contributed by atoms with Crippen molar-refractivity contribution >= 4 is 11.8 Å². The maximum absolute atomic E-state index is 11.0. The lowest BCUT2D eigenvalue weighted by molar-refractivity contribution is 0.576. The molecule has 6 heteroatoms. The standard InChI is InChI=1S/C8H11N3O2S/c12-7-3-5(10-8(13)11-7)6-4-14-2-1-9-6/h3,6,9H,1-2,4H2,(H2,10,11,12,13). The minimum Gasteiger partial charge on any atom is -0.310 e. The van der Waals surface area contributed by atoms with Gasteiger partial charge in [-0.15, -0.1) is 0 Å². The molecule has 1 aromatic rings. The fourth-order valence-corrected chi connectivity index (χ4v) is 2.40. The van der Waals surface area contributed by atoms with Crippen LogP contribution >= 0.6 is 11.8 Å². The third-order valence-corrected chi connectivity index (χ3v) is 3.14. The van der Waals surface area contributed by atoms with Crippen LogP contribution in [0.3, 0.4) is 0 Å². The van der Waals surface area contributed by atoms with Crippen LogP contribution in [-0.2, 0) is 0 Å². The molecule has 1 saturated heterocycles. The van der Waals surface area contributed by atoms with E-state index in [1.54, 1.807) is 0 Å². The van der Waals surface area contributed by atoms with Gasteiger partial charge in [0.05, 0.1) is 6.04 Å². The monoisotopic (exact) mass is 213 g/mol. The molecule has 2 rings (SSSR count). The van der Waals surface area contributed by atoms with E-state index in [1.807, 2.05) is 11.8 Å². The third kappa shape index (κ3) is 2.08. The van der Waals surface area contributed by atoms with E-state index in [9.17, 15) is 9.59 Å². The summed E-state index contributed by atoms with van der Waals surface area (Å²) in [5, 5.41) is 3.25. The van der Waals surface area contributed by atoms with Gasteiger partial charge in [0, 0.05) is 29.8 Å². The zero-order valence-electron chi connectivity index (χ0n) is 7.50. The maximum atomic E-state index is 11.0. The lowest BCUT2D eigenvalue weighted by Gasteiger charge is -2.22. The van der Waals surface area contributed by atoms with Gasteiger partial charge in [-0.1, -0.05) is 0 Å². The SMILES string of the molecule is O=c1cc(C2CSCCN2)[nH]c(=O)[nH]1. The van der Waals surface area contributed by atoms with Crippen molar-refractivity contribution in [3.8, 4) is 0 Å². The topological polar surface area (TPSA) is 77.8 Å². The molecule has 0 bridgehead atoms. The van der Waals surface area contributed by atoms with Gasteiger partial charge < -0.3 is 10.3 Å². The molecule has 0 aliphatic carbocycles. The van der Waals surface area contributed by atoms with Gasteiger partial charge in [-0.05, 0) is 0 Å². The minimum atomic E-state index is -0.440. The van der Waals surface area contributed by atoms with Crippen molar-refractivity contribution in [3.63, 3.8) is 0 Å². The Labute approximate surface area is 84.3 Å². The van der Waals surface area contributed by atoms with Gasteiger partial charge in [0.1, 0.15) is 0 Å². The summed E-state index contributed by atoms with van der Waals surface area (Å²) in [6, 6.07) is 1.52. The lowest BCUT2D eigenvalue weighted by Crippen LogP contribution is -2.34. The molecule has 3 N–H and O–H groups in total. The van der Waals surface area contributed by atoms with Crippen LogP contribution in [0, 0.1) is 0 Å². The molecule has 1 aliphatic heterocycles. The van der Waals surface area contributed by atoms with Gasteiger partial charge in [0.25, 0.3) is 5.56 Å². The maximum Gasteiger partial charge on any atom is 0.325 e. The number of rotatable bonds is 1. The molecule has 1 unspecified atom stereocenters. The second-order valence-corrected chi connectivity index (χ2v) is 4.27. The highest BCUT2D eigenvalue weighted by molar-refractivity contribution is 7.99. The molecular weight excluding hydrogens is 202 g/mol. The molecule has 1 atom stereocenters. The predicted octanol–water partition coefficient (Wildman–Crippen LogP) is -0.559. The molecule has 0 radical (unpaired) electrons. The lowest BCUT2D eigenvalue weighted by atomic mass is 10.2. The number of hydrogen-bond acceptors (Lipinski definition) is 4. The highest BCUT2D eigenvalue weighted by atomic mass is 32.2. The van der Waals surface area contributed by atoms with Crippen molar-refractivity contribution in [2.75, 3.05) is 18.1 Å². The van der Waals surface area contributed by atoms with Crippen LogP contribution in [0.1, 0.15) is 11.7 Å². The fraction of sp³-hybridized carbons (Fsp3) is 0.500. The first kappa shape index (κ1) is 9.54. The Morgan fingerprint density at radius 2 is 2.21 bits per heavy atom. The molecule has 76 valence electrons. The molecule has 5 nitrogen and oxygen atoms in total. The van der Waals surface area contributed by atoms with Crippen LogP contribution in [0.4, 0.5) is 0 Å². The number of nitrogens with one attached hydrogen (secondary N) is 3. The summed E-state index contributed by atoms with van der Waals surface area (Å²) in [6.45, 7) is 0.907. The van der Waals surface area contributed by atoms with E-state index < -0.39 is 5.69 Å². The molecule has 1 aliphatic rings. The number of thioether (sulfide) groups is 1. The van der Waals surface area contributed by atoms with Gasteiger partial charge in [0.2, 0.25) is 0 Å². The Bertz CT molecular complexity index is 391. The van der Waals surface area contributed by atoms with Gasteiger partial charge in [-0.3, -0.25) is 9.78 Å². The van der Waals surface area contributed by atoms with Crippen LogP contribution < -0.4 is 16.6 Å². The van der Waals surface area contributed by atoms with Gasteiger partial charge in [-0.25, -0.2) is 4.79 Å². The number of aromatic nitrogens is 2. The zero-order valence-corrected chi connectivity index (χ0v) is 8.32. The molecule has 2 heterocycles. The van der Waals surface area contributed by atoms with Gasteiger partial charge in [0.15, 0.2) is 0 Å². The van der Waals surface area contributed by atoms with E-state index >= 15 is 0 Å². The Morgan fingerprint density at radius 3 is 2.86 bits per heavy atom. The molecular formula is C8H11N3O2S. The Hall–Kier alpha value is -1.01. The summed E-state index contributed by atoms with van der Waals surface area (Å²) in [6.07, 6.45) is 0. The molecule has 1 fully saturated rings. The fourth-order valence-electron chi connectivity index (χ4n) is 1.44. The van der Waals surface area contributed by atoms with Crippen molar-refractivity contribution in [3.05, 3.63) is 32.6 Å². The van der Waals surface area contributed by atoms with Crippen molar-refractivity contribution in [2.24, 2.45) is 0 Å². The van der Waals surface area contributed by atoms with Gasteiger partial charge >= 0.3 is 5.69 Å². The number of H-pyrrole nitrogens is 2. The highest BCUT2D eigenvalue weighted by Gasteiger charge is 2.16. The van der Waals surface area contributed by atoms with E-state index in [1.165, 1.54) is 6.07 Å². The highest BCUT2D eigenvalue weighted by Crippen LogP contribution is 2.18. The first-order chi connectivity index (χ1) is 6.75. The van der Waals surface area contributed by atoms with Crippen LogP contribution in [0.2, 0.25) is 0 Å². The summed E-state index contributed by atoms with van der Waals surface area (Å²) >= 11 is 1.81. The van der Waals surface area contributed by atoms with Crippen molar-refractivity contribution in [2.45, 2.75) is 6.04 Å². The van der Waals surface area contributed by atoms with E-state index in [2.05, 4.69) is 15.3 Å². The molecule has 0 amide bonds. The first-order valence-electron chi connectivity index (χ1n) is 4.40. The molecule has 14 heavy (non-hydrogen) atoms. The van der Waals surface area contributed by atoms with E-state index in [-0.39, 0.29) is 11.6 Å². The average molecular weight is 213 g/mol. The van der Waals surface area contributed by atoms with Crippen LogP contribution in [0.5, 0.6) is 0 Å².